The average Bonchev–Trinajstić information content (AvgIpc) is 2.36. The summed E-state index contributed by atoms with van der Waals surface area (Å²) in [5, 5.41) is 3.71. The van der Waals surface area contributed by atoms with Gasteiger partial charge in [-0.25, -0.2) is 0 Å². The molecule has 1 aliphatic carbocycles. The van der Waals surface area contributed by atoms with Crippen molar-refractivity contribution in [2.75, 3.05) is 24.6 Å². The van der Waals surface area contributed by atoms with Gasteiger partial charge in [0.15, 0.2) is 0 Å². The summed E-state index contributed by atoms with van der Waals surface area (Å²) in [4.78, 5) is 0. The molecule has 2 heteroatoms. The molecule has 1 rings (SSSR count). The topological polar surface area (TPSA) is 12.0 Å². The predicted octanol–water partition coefficient (Wildman–Crippen LogP) is 5.21. The number of hydrogen-bond donors (Lipinski definition) is 1. The van der Waals surface area contributed by atoms with Gasteiger partial charge in [0.05, 0.1) is 0 Å². The molecule has 120 valence electrons. The predicted molar refractivity (Wildman–Crippen MR) is 94.6 cm³/mol. The van der Waals surface area contributed by atoms with Crippen molar-refractivity contribution in [3.05, 3.63) is 0 Å². The fraction of sp³-hybridized carbons (Fsp3) is 1.00. The van der Waals surface area contributed by atoms with Crippen molar-refractivity contribution < 1.29 is 0 Å². The zero-order valence-corrected chi connectivity index (χ0v) is 15.3. The number of nitrogens with one attached hydrogen (secondary N) is 1. The summed E-state index contributed by atoms with van der Waals surface area (Å²) in [6.07, 6.45) is 7.16. The van der Waals surface area contributed by atoms with Gasteiger partial charge in [-0.2, -0.15) is 11.8 Å². The van der Waals surface area contributed by atoms with E-state index in [0.717, 1.165) is 17.8 Å². The van der Waals surface area contributed by atoms with Gasteiger partial charge >= 0.3 is 0 Å². The first kappa shape index (κ1) is 18.4. The van der Waals surface area contributed by atoms with Crippen LogP contribution in [0.3, 0.4) is 0 Å². The molecule has 20 heavy (non-hydrogen) atoms. The minimum atomic E-state index is 0.580. The van der Waals surface area contributed by atoms with Gasteiger partial charge in [-0.05, 0) is 79.9 Å². The van der Waals surface area contributed by atoms with Crippen molar-refractivity contribution >= 4 is 11.8 Å². The van der Waals surface area contributed by atoms with E-state index in [1.165, 1.54) is 56.7 Å². The van der Waals surface area contributed by atoms with E-state index < -0.39 is 0 Å². The van der Waals surface area contributed by atoms with Crippen molar-refractivity contribution in [2.45, 2.75) is 66.7 Å². The Balaban J connectivity index is 2.38. The zero-order valence-electron chi connectivity index (χ0n) is 14.5. The molecule has 0 bridgehead atoms. The Labute approximate surface area is 132 Å². The lowest BCUT2D eigenvalue weighted by atomic mass is 9.66. The molecule has 0 spiro atoms. The molecule has 0 radical (unpaired) electrons. The van der Waals surface area contributed by atoms with Crippen molar-refractivity contribution in [1.29, 1.82) is 0 Å². The van der Waals surface area contributed by atoms with Crippen LogP contribution in [0.25, 0.3) is 0 Å². The van der Waals surface area contributed by atoms with Crippen LogP contribution in [0.15, 0.2) is 0 Å². The van der Waals surface area contributed by atoms with Gasteiger partial charge in [0.1, 0.15) is 0 Å². The highest BCUT2D eigenvalue weighted by atomic mass is 32.2. The molecule has 2 unspecified atom stereocenters. The molecular formula is C18H37NS. The minimum Gasteiger partial charge on any atom is -0.316 e. The lowest BCUT2D eigenvalue weighted by molar-refractivity contribution is 0.109. The second-order valence-electron chi connectivity index (χ2n) is 7.82. The van der Waals surface area contributed by atoms with Crippen LogP contribution in [-0.4, -0.2) is 24.6 Å². The van der Waals surface area contributed by atoms with Crippen LogP contribution >= 0.6 is 11.8 Å². The summed E-state index contributed by atoms with van der Waals surface area (Å²) in [5.41, 5.74) is 0.580. The minimum absolute atomic E-state index is 0.580. The molecule has 0 saturated heterocycles. The molecule has 0 aromatic rings. The molecular weight excluding hydrogens is 262 g/mol. The van der Waals surface area contributed by atoms with E-state index in [2.05, 4.69) is 51.7 Å². The molecule has 1 saturated carbocycles. The van der Waals surface area contributed by atoms with E-state index in [1.807, 2.05) is 0 Å². The van der Waals surface area contributed by atoms with Crippen molar-refractivity contribution in [3.63, 3.8) is 0 Å². The van der Waals surface area contributed by atoms with Crippen LogP contribution in [0, 0.1) is 23.2 Å². The lowest BCUT2D eigenvalue weighted by Gasteiger charge is -2.41. The second kappa shape index (κ2) is 9.35. The SMILES string of the molecule is CCSCCCC1CC(C)(C)CCC1CNCC(C)C. The second-order valence-corrected chi connectivity index (χ2v) is 9.21. The maximum absolute atomic E-state index is 3.71. The molecule has 0 aromatic heterocycles. The third-order valence-corrected chi connectivity index (χ3v) is 5.69. The first-order valence-electron chi connectivity index (χ1n) is 8.73. The largest absolute Gasteiger partial charge is 0.316 e. The summed E-state index contributed by atoms with van der Waals surface area (Å²) in [6.45, 7) is 14.2. The Hall–Kier alpha value is 0.310. The van der Waals surface area contributed by atoms with Crippen molar-refractivity contribution in [3.8, 4) is 0 Å². The highest BCUT2D eigenvalue weighted by Gasteiger charge is 2.34. The smallest absolute Gasteiger partial charge is 0.00177 e. The molecule has 1 fully saturated rings. The Bertz CT molecular complexity index is 250. The molecule has 1 N–H and O–H groups in total. The van der Waals surface area contributed by atoms with Gasteiger partial charge in [-0.3, -0.25) is 0 Å². The summed E-state index contributed by atoms with van der Waals surface area (Å²) in [7, 11) is 0. The van der Waals surface area contributed by atoms with Gasteiger partial charge in [0, 0.05) is 0 Å². The van der Waals surface area contributed by atoms with Crippen LogP contribution in [0.1, 0.15) is 66.7 Å². The van der Waals surface area contributed by atoms with Crippen molar-refractivity contribution in [1.82, 2.24) is 5.32 Å². The van der Waals surface area contributed by atoms with Gasteiger partial charge in [0.25, 0.3) is 0 Å². The third-order valence-electron chi connectivity index (χ3n) is 4.70. The number of rotatable bonds is 9. The number of hydrogen-bond acceptors (Lipinski definition) is 2. The molecule has 2 atom stereocenters. The summed E-state index contributed by atoms with van der Waals surface area (Å²) in [6, 6.07) is 0. The van der Waals surface area contributed by atoms with E-state index in [-0.39, 0.29) is 0 Å². The maximum Gasteiger partial charge on any atom is -0.00177 e. The number of thioether (sulfide) groups is 1. The Morgan fingerprint density at radius 3 is 2.65 bits per heavy atom. The van der Waals surface area contributed by atoms with Gasteiger partial charge in [-0.15, -0.1) is 0 Å². The van der Waals surface area contributed by atoms with E-state index in [1.54, 1.807) is 0 Å². The highest BCUT2D eigenvalue weighted by Crippen LogP contribution is 2.43. The fourth-order valence-electron chi connectivity index (χ4n) is 3.55. The van der Waals surface area contributed by atoms with E-state index in [9.17, 15) is 0 Å². The molecule has 1 aliphatic rings. The van der Waals surface area contributed by atoms with Crippen molar-refractivity contribution in [2.24, 2.45) is 23.2 Å². The average molecular weight is 300 g/mol. The Morgan fingerprint density at radius 2 is 2.00 bits per heavy atom. The highest BCUT2D eigenvalue weighted by molar-refractivity contribution is 7.99. The first-order valence-corrected chi connectivity index (χ1v) is 9.88. The standard InChI is InChI=1S/C18H37NS/c1-6-20-11-7-8-16-12-18(4,5)10-9-17(16)14-19-13-15(2)3/h15-17,19H,6-14H2,1-5H3. The third kappa shape index (κ3) is 7.36. The molecule has 0 aromatic carbocycles. The lowest BCUT2D eigenvalue weighted by Crippen LogP contribution is -2.37. The van der Waals surface area contributed by atoms with Crippen LogP contribution in [0.2, 0.25) is 0 Å². The van der Waals surface area contributed by atoms with Gasteiger partial charge < -0.3 is 5.32 Å². The van der Waals surface area contributed by atoms with Crippen LogP contribution in [0.4, 0.5) is 0 Å². The fourth-order valence-corrected chi connectivity index (χ4v) is 4.21. The van der Waals surface area contributed by atoms with Gasteiger partial charge in [0.2, 0.25) is 0 Å². The summed E-state index contributed by atoms with van der Waals surface area (Å²) < 4.78 is 0. The first-order chi connectivity index (χ1) is 9.44. The van der Waals surface area contributed by atoms with E-state index >= 15 is 0 Å². The Morgan fingerprint density at radius 1 is 1.25 bits per heavy atom. The van der Waals surface area contributed by atoms with Gasteiger partial charge in [-0.1, -0.05) is 34.6 Å². The molecule has 0 aliphatic heterocycles. The van der Waals surface area contributed by atoms with Crippen LogP contribution in [-0.2, 0) is 0 Å². The van der Waals surface area contributed by atoms with Crippen LogP contribution < -0.4 is 5.32 Å². The van der Waals surface area contributed by atoms with Crippen LogP contribution in [0.5, 0.6) is 0 Å². The summed E-state index contributed by atoms with van der Waals surface area (Å²) in [5.74, 6) is 5.29. The maximum atomic E-state index is 3.71. The Kier molecular flexibility index (Phi) is 8.59. The normalized spacial score (nSPS) is 26.1. The molecule has 0 heterocycles. The quantitative estimate of drug-likeness (QED) is 0.587. The molecule has 0 amide bonds. The molecule has 1 nitrogen and oxygen atoms in total. The zero-order chi connectivity index (χ0) is 15.0. The van der Waals surface area contributed by atoms with E-state index in [4.69, 9.17) is 0 Å². The summed E-state index contributed by atoms with van der Waals surface area (Å²) >= 11 is 2.10. The monoisotopic (exact) mass is 299 g/mol. The van der Waals surface area contributed by atoms with E-state index in [0.29, 0.717) is 5.41 Å².